The van der Waals surface area contributed by atoms with Crippen LogP contribution in [0.15, 0.2) is 32.7 Å². The van der Waals surface area contributed by atoms with Crippen molar-refractivity contribution in [1.82, 2.24) is 4.72 Å². The lowest BCUT2D eigenvalue weighted by Gasteiger charge is -2.08. The molecule has 0 saturated heterocycles. The van der Waals surface area contributed by atoms with Gasteiger partial charge in [-0.3, -0.25) is 0 Å². The lowest BCUT2D eigenvalue weighted by Crippen LogP contribution is -2.30. The third-order valence-corrected chi connectivity index (χ3v) is 4.27. The van der Waals surface area contributed by atoms with E-state index in [0.717, 1.165) is 6.07 Å². The van der Waals surface area contributed by atoms with Crippen molar-refractivity contribution >= 4 is 31.9 Å². The van der Waals surface area contributed by atoms with E-state index in [9.17, 15) is 13.2 Å². The van der Waals surface area contributed by atoms with Crippen LogP contribution in [0.25, 0.3) is 0 Å². The average molecular weight is 324 g/mol. The summed E-state index contributed by atoms with van der Waals surface area (Å²) in [5.41, 5.74) is 0. The van der Waals surface area contributed by atoms with Crippen molar-refractivity contribution in [2.45, 2.75) is 17.9 Å². The number of carbonyl (C=O) groups is 1. The van der Waals surface area contributed by atoms with E-state index in [0.29, 0.717) is 0 Å². The second-order valence-corrected chi connectivity index (χ2v) is 5.60. The molecule has 1 unspecified atom stereocenters. The number of halogens is 1. The summed E-state index contributed by atoms with van der Waals surface area (Å²) in [5, 5.41) is 8.67. The minimum absolute atomic E-state index is 0.154. The zero-order valence-electron chi connectivity index (χ0n) is 8.81. The largest absolute Gasteiger partial charge is 0.475 e. The highest BCUT2D eigenvalue weighted by molar-refractivity contribution is 9.10. The molecule has 0 aromatic carbocycles. The van der Waals surface area contributed by atoms with Crippen molar-refractivity contribution in [3.8, 4) is 0 Å². The predicted octanol–water partition coefficient (Wildman–Crippen LogP) is 1.59. The molecule has 0 bridgehead atoms. The van der Waals surface area contributed by atoms with Gasteiger partial charge in [-0.1, -0.05) is 6.08 Å². The Morgan fingerprint density at radius 2 is 2.29 bits per heavy atom. The molecule has 1 atom stereocenters. The SMILES string of the molecule is C=CC(C)NS(=O)(=O)c1cc(C(=O)O)oc1Br. The maximum Gasteiger partial charge on any atom is 0.371 e. The molecular weight excluding hydrogens is 314 g/mol. The van der Waals surface area contributed by atoms with Crippen LogP contribution in [0.2, 0.25) is 0 Å². The average Bonchev–Trinajstić information content (AvgIpc) is 2.60. The minimum Gasteiger partial charge on any atom is -0.475 e. The summed E-state index contributed by atoms with van der Waals surface area (Å²) >= 11 is 2.86. The van der Waals surface area contributed by atoms with E-state index in [1.807, 2.05) is 0 Å². The van der Waals surface area contributed by atoms with Gasteiger partial charge in [0, 0.05) is 12.1 Å². The lowest BCUT2D eigenvalue weighted by atomic mass is 10.4. The third-order valence-electron chi connectivity index (χ3n) is 1.85. The van der Waals surface area contributed by atoms with Crippen LogP contribution in [-0.2, 0) is 10.0 Å². The lowest BCUT2D eigenvalue weighted by molar-refractivity contribution is 0.0661. The predicted molar refractivity (Wildman–Crippen MR) is 63.3 cm³/mol. The molecule has 0 aliphatic rings. The Balaban J connectivity index is 3.15. The molecule has 0 aliphatic heterocycles. The molecule has 8 heteroatoms. The van der Waals surface area contributed by atoms with E-state index in [1.54, 1.807) is 6.92 Å². The second kappa shape index (κ2) is 5.03. The summed E-state index contributed by atoms with van der Waals surface area (Å²) < 4.78 is 30.5. The molecule has 1 rings (SSSR count). The fourth-order valence-electron chi connectivity index (χ4n) is 0.997. The van der Waals surface area contributed by atoms with Gasteiger partial charge in [0.05, 0.1) is 0 Å². The van der Waals surface area contributed by atoms with Crippen molar-refractivity contribution in [3.05, 3.63) is 29.2 Å². The van der Waals surface area contributed by atoms with Crippen molar-refractivity contribution in [2.24, 2.45) is 0 Å². The molecule has 0 fully saturated rings. The normalized spacial score (nSPS) is 13.3. The fraction of sp³-hybridized carbons (Fsp3) is 0.222. The first-order chi connectivity index (χ1) is 7.77. The van der Waals surface area contributed by atoms with Gasteiger partial charge in [-0.05, 0) is 22.9 Å². The van der Waals surface area contributed by atoms with Gasteiger partial charge in [0.1, 0.15) is 4.90 Å². The highest BCUT2D eigenvalue weighted by atomic mass is 79.9. The number of carboxylic acids is 1. The van der Waals surface area contributed by atoms with E-state index in [2.05, 4.69) is 27.2 Å². The molecule has 0 saturated carbocycles. The summed E-state index contributed by atoms with van der Waals surface area (Å²) in [4.78, 5) is 10.4. The van der Waals surface area contributed by atoms with Crippen LogP contribution in [-0.4, -0.2) is 25.5 Å². The summed E-state index contributed by atoms with van der Waals surface area (Å²) in [7, 11) is -3.84. The third kappa shape index (κ3) is 3.18. The van der Waals surface area contributed by atoms with Crippen LogP contribution in [0.1, 0.15) is 17.5 Å². The first-order valence-corrected chi connectivity index (χ1v) is 6.73. The van der Waals surface area contributed by atoms with Gasteiger partial charge in [-0.15, -0.1) is 6.58 Å². The molecule has 1 heterocycles. The number of hydrogen-bond donors (Lipinski definition) is 2. The molecular formula is C9H10BrNO5S. The first-order valence-electron chi connectivity index (χ1n) is 4.45. The smallest absolute Gasteiger partial charge is 0.371 e. The van der Waals surface area contributed by atoms with E-state index in [-0.39, 0.29) is 9.56 Å². The Bertz CT molecular complexity index is 548. The topological polar surface area (TPSA) is 96.6 Å². The van der Waals surface area contributed by atoms with Crippen LogP contribution < -0.4 is 4.72 Å². The summed E-state index contributed by atoms with van der Waals surface area (Å²) in [6, 6.07) is 0.458. The van der Waals surface area contributed by atoms with E-state index < -0.39 is 27.8 Å². The van der Waals surface area contributed by atoms with Crippen molar-refractivity contribution in [2.75, 3.05) is 0 Å². The number of nitrogens with one attached hydrogen (secondary N) is 1. The van der Waals surface area contributed by atoms with Gasteiger partial charge in [0.2, 0.25) is 15.8 Å². The van der Waals surface area contributed by atoms with Crippen LogP contribution in [0, 0.1) is 0 Å². The van der Waals surface area contributed by atoms with Gasteiger partial charge in [-0.2, -0.15) is 0 Å². The molecule has 0 aliphatic carbocycles. The zero-order chi connectivity index (χ0) is 13.2. The van der Waals surface area contributed by atoms with Crippen LogP contribution >= 0.6 is 15.9 Å². The monoisotopic (exact) mass is 323 g/mol. The molecule has 0 amide bonds. The van der Waals surface area contributed by atoms with Gasteiger partial charge in [0.15, 0.2) is 4.67 Å². The van der Waals surface area contributed by atoms with Crippen molar-refractivity contribution in [1.29, 1.82) is 0 Å². The molecule has 0 radical (unpaired) electrons. The fourth-order valence-corrected chi connectivity index (χ4v) is 3.15. The minimum atomic E-state index is -3.84. The Morgan fingerprint density at radius 3 is 2.71 bits per heavy atom. The molecule has 2 N–H and O–H groups in total. The van der Waals surface area contributed by atoms with Gasteiger partial charge < -0.3 is 9.52 Å². The number of rotatable bonds is 5. The molecule has 0 spiro atoms. The Hall–Kier alpha value is -1.12. The maximum atomic E-state index is 11.8. The van der Waals surface area contributed by atoms with Crippen molar-refractivity contribution in [3.63, 3.8) is 0 Å². The standard InChI is InChI=1S/C9H10BrNO5S/c1-3-5(2)11-17(14,15)7-4-6(9(12)13)16-8(7)10/h3-5,11H,1H2,2H3,(H,12,13). The molecule has 6 nitrogen and oxygen atoms in total. The summed E-state index contributed by atoms with van der Waals surface area (Å²) in [6.45, 7) is 5.03. The van der Waals surface area contributed by atoms with Crippen molar-refractivity contribution < 1.29 is 22.7 Å². The number of sulfonamides is 1. The number of furan rings is 1. The van der Waals surface area contributed by atoms with Gasteiger partial charge in [-0.25, -0.2) is 17.9 Å². The van der Waals surface area contributed by atoms with E-state index >= 15 is 0 Å². The number of carboxylic acid groups (broad SMARTS) is 1. The van der Waals surface area contributed by atoms with E-state index in [1.165, 1.54) is 6.08 Å². The summed E-state index contributed by atoms with van der Waals surface area (Å²) in [5.74, 6) is -1.80. The van der Waals surface area contributed by atoms with Gasteiger partial charge >= 0.3 is 5.97 Å². The van der Waals surface area contributed by atoms with Gasteiger partial charge in [0.25, 0.3) is 0 Å². The summed E-state index contributed by atoms with van der Waals surface area (Å²) in [6.07, 6.45) is 1.41. The molecule has 1 aromatic heterocycles. The highest BCUT2D eigenvalue weighted by Gasteiger charge is 2.25. The number of aromatic carboxylic acids is 1. The Morgan fingerprint density at radius 1 is 1.71 bits per heavy atom. The Kier molecular flexibility index (Phi) is 4.12. The second-order valence-electron chi connectivity index (χ2n) is 3.20. The van der Waals surface area contributed by atoms with E-state index in [4.69, 9.17) is 9.52 Å². The zero-order valence-corrected chi connectivity index (χ0v) is 11.2. The molecule has 94 valence electrons. The highest BCUT2D eigenvalue weighted by Crippen LogP contribution is 2.26. The maximum absolute atomic E-state index is 11.8. The molecule has 17 heavy (non-hydrogen) atoms. The Labute approximate surface area is 106 Å². The first kappa shape index (κ1) is 13.9. The number of hydrogen-bond acceptors (Lipinski definition) is 4. The van der Waals surface area contributed by atoms with Crippen LogP contribution in [0.3, 0.4) is 0 Å². The quantitative estimate of drug-likeness (QED) is 0.802. The molecule has 1 aromatic rings. The van der Waals surface area contributed by atoms with Crippen LogP contribution in [0.5, 0.6) is 0 Å². The van der Waals surface area contributed by atoms with Crippen LogP contribution in [0.4, 0.5) is 0 Å².